The SMILES string of the molecule is COc1ccc2[nH]c(=O)c(CN3CCCC[C@H]3c3nccs3)cc2c1. The second-order valence-electron chi connectivity index (χ2n) is 6.43. The van der Waals surface area contributed by atoms with Crippen molar-refractivity contribution in [3.63, 3.8) is 0 Å². The number of hydrogen-bond donors (Lipinski definition) is 1. The van der Waals surface area contributed by atoms with Crippen LogP contribution in [0.3, 0.4) is 0 Å². The minimum atomic E-state index is -0.0128. The van der Waals surface area contributed by atoms with E-state index < -0.39 is 0 Å². The van der Waals surface area contributed by atoms with E-state index in [-0.39, 0.29) is 5.56 Å². The van der Waals surface area contributed by atoms with Gasteiger partial charge in [0, 0.05) is 34.6 Å². The number of rotatable bonds is 4. The Hall–Kier alpha value is -2.18. The first-order chi connectivity index (χ1) is 12.2. The Kier molecular flexibility index (Phi) is 4.55. The van der Waals surface area contributed by atoms with Crippen LogP contribution < -0.4 is 10.3 Å². The number of ether oxygens (including phenoxy) is 1. The summed E-state index contributed by atoms with van der Waals surface area (Å²) in [5.41, 5.74) is 1.62. The summed E-state index contributed by atoms with van der Waals surface area (Å²) in [7, 11) is 1.65. The highest BCUT2D eigenvalue weighted by molar-refractivity contribution is 7.09. The molecule has 1 aromatic carbocycles. The number of nitrogens with zero attached hydrogens (tertiary/aromatic N) is 2. The van der Waals surface area contributed by atoms with E-state index in [0.29, 0.717) is 12.6 Å². The summed E-state index contributed by atoms with van der Waals surface area (Å²) in [4.78, 5) is 22.4. The zero-order chi connectivity index (χ0) is 17.2. The molecule has 0 amide bonds. The van der Waals surface area contributed by atoms with E-state index in [1.165, 1.54) is 12.8 Å². The lowest BCUT2D eigenvalue weighted by Gasteiger charge is -2.34. The van der Waals surface area contributed by atoms with Gasteiger partial charge in [0.25, 0.3) is 5.56 Å². The van der Waals surface area contributed by atoms with Crippen molar-refractivity contribution in [2.24, 2.45) is 0 Å². The van der Waals surface area contributed by atoms with E-state index in [2.05, 4.69) is 14.9 Å². The van der Waals surface area contributed by atoms with Gasteiger partial charge in [0.2, 0.25) is 0 Å². The highest BCUT2D eigenvalue weighted by atomic mass is 32.1. The Balaban J connectivity index is 1.66. The summed E-state index contributed by atoms with van der Waals surface area (Å²) in [6.07, 6.45) is 5.35. The van der Waals surface area contributed by atoms with E-state index in [1.54, 1.807) is 18.4 Å². The van der Waals surface area contributed by atoms with E-state index in [1.807, 2.05) is 35.8 Å². The molecule has 130 valence electrons. The maximum atomic E-state index is 12.5. The zero-order valence-electron chi connectivity index (χ0n) is 14.2. The molecule has 3 heterocycles. The molecule has 0 saturated carbocycles. The molecule has 6 heteroatoms. The lowest BCUT2D eigenvalue weighted by Crippen LogP contribution is -2.34. The van der Waals surface area contributed by atoms with Crippen molar-refractivity contribution in [1.82, 2.24) is 14.9 Å². The Morgan fingerprint density at radius 3 is 3.08 bits per heavy atom. The number of thiazole rings is 1. The number of aromatic amines is 1. The van der Waals surface area contributed by atoms with Crippen LogP contribution in [0.4, 0.5) is 0 Å². The molecule has 1 fully saturated rings. The maximum absolute atomic E-state index is 12.5. The average molecular weight is 355 g/mol. The van der Waals surface area contributed by atoms with Gasteiger partial charge in [0.15, 0.2) is 0 Å². The van der Waals surface area contributed by atoms with Gasteiger partial charge in [-0.25, -0.2) is 4.98 Å². The molecule has 0 spiro atoms. The molecule has 1 saturated heterocycles. The van der Waals surface area contributed by atoms with Crippen LogP contribution in [0.2, 0.25) is 0 Å². The molecule has 5 nitrogen and oxygen atoms in total. The fourth-order valence-corrected chi connectivity index (χ4v) is 4.36. The van der Waals surface area contributed by atoms with Gasteiger partial charge in [-0.05, 0) is 43.7 Å². The molecule has 2 aromatic heterocycles. The van der Waals surface area contributed by atoms with Crippen molar-refractivity contribution >= 4 is 22.2 Å². The van der Waals surface area contributed by atoms with E-state index >= 15 is 0 Å². The summed E-state index contributed by atoms with van der Waals surface area (Å²) >= 11 is 1.70. The minimum Gasteiger partial charge on any atom is -0.497 e. The summed E-state index contributed by atoms with van der Waals surface area (Å²) < 4.78 is 5.30. The lowest BCUT2D eigenvalue weighted by atomic mass is 10.0. The summed E-state index contributed by atoms with van der Waals surface area (Å²) in [6.45, 7) is 1.65. The number of benzene rings is 1. The molecule has 1 N–H and O–H groups in total. The fraction of sp³-hybridized carbons (Fsp3) is 0.368. The van der Waals surface area contributed by atoms with Crippen LogP contribution >= 0.6 is 11.3 Å². The molecule has 3 aromatic rings. The number of aromatic nitrogens is 2. The molecule has 1 atom stereocenters. The third-order valence-corrected chi connectivity index (χ3v) is 5.73. The molecule has 0 aliphatic carbocycles. The first kappa shape index (κ1) is 16.3. The maximum Gasteiger partial charge on any atom is 0.252 e. The molecule has 4 rings (SSSR count). The van der Waals surface area contributed by atoms with Crippen LogP contribution in [0.5, 0.6) is 5.75 Å². The van der Waals surface area contributed by atoms with Crippen molar-refractivity contribution in [2.75, 3.05) is 13.7 Å². The van der Waals surface area contributed by atoms with Gasteiger partial charge in [0.05, 0.1) is 13.2 Å². The number of hydrogen-bond acceptors (Lipinski definition) is 5. The number of nitrogens with one attached hydrogen (secondary N) is 1. The standard InChI is InChI=1S/C19H21N3O2S/c1-24-15-5-6-16-13(11-15)10-14(18(23)21-16)12-22-8-3-2-4-17(22)19-20-7-9-25-19/h5-7,9-11,17H,2-4,8,12H2,1H3,(H,21,23)/t17-/m0/s1. The van der Waals surface area contributed by atoms with Crippen LogP contribution in [-0.2, 0) is 6.54 Å². The van der Waals surface area contributed by atoms with Crippen LogP contribution in [-0.4, -0.2) is 28.5 Å². The molecule has 1 aliphatic rings. The molecule has 25 heavy (non-hydrogen) atoms. The molecule has 0 unspecified atom stereocenters. The van der Waals surface area contributed by atoms with Gasteiger partial charge >= 0.3 is 0 Å². The second kappa shape index (κ2) is 6.98. The third-order valence-electron chi connectivity index (χ3n) is 4.85. The molecular weight excluding hydrogens is 334 g/mol. The van der Waals surface area contributed by atoms with Crippen molar-refractivity contribution in [3.05, 3.63) is 56.8 Å². The first-order valence-corrected chi connectivity index (χ1v) is 9.46. The lowest BCUT2D eigenvalue weighted by molar-refractivity contribution is 0.139. The van der Waals surface area contributed by atoms with Crippen molar-refractivity contribution in [3.8, 4) is 5.75 Å². The van der Waals surface area contributed by atoms with Gasteiger partial charge in [-0.1, -0.05) is 6.42 Å². The Bertz CT molecular complexity index is 920. The van der Waals surface area contributed by atoms with Gasteiger partial charge in [0.1, 0.15) is 10.8 Å². The first-order valence-electron chi connectivity index (χ1n) is 8.58. The van der Waals surface area contributed by atoms with Crippen molar-refractivity contribution in [2.45, 2.75) is 31.8 Å². The van der Waals surface area contributed by atoms with E-state index in [0.717, 1.165) is 40.2 Å². The Labute approximate surface area is 150 Å². The van der Waals surface area contributed by atoms with Crippen molar-refractivity contribution in [1.29, 1.82) is 0 Å². The third kappa shape index (κ3) is 3.32. The number of methoxy groups -OCH3 is 1. The van der Waals surface area contributed by atoms with Crippen molar-refractivity contribution < 1.29 is 4.74 Å². The Morgan fingerprint density at radius 2 is 2.28 bits per heavy atom. The second-order valence-corrected chi connectivity index (χ2v) is 7.36. The number of pyridine rings is 1. The quantitative estimate of drug-likeness (QED) is 0.775. The zero-order valence-corrected chi connectivity index (χ0v) is 15.0. The molecule has 0 radical (unpaired) electrons. The highest BCUT2D eigenvalue weighted by Gasteiger charge is 2.26. The summed E-state index contributed by atoms with van der Waals surface area (Å²) in [5, 5.41) is 4.17. The van der Waals surface area contributed by atoms with Crippen LogP contribution in [0.1, 0.15) is 35.9 Å². The molecule has 1 aliphatic heterocycles. The highest BCUT2D eigenvalue weighted by Crippen LogP contribution is 2.33. The monoisotopic (exact) mass is 355 g/mol. The predicted molar refractivity (Wildman–Crippen MR) is 100 cm³/mol. The number of likely N-dealkylation sites (tertiary alicyclic amines) is 1. The van der Waals surface area contributed by atoms with Gasteiger partial charge in [-0.15, -0.1) is 11.3 Å². The molecule has 0 bridgehead atoms. The van der Waals surface area contributed by atoms with Gasteiger partial charge in [-0.3, -0.25) is 9.69 Å². The fourth-order valence-electron chi connectivity index (χ4n) is 3.55. The average Bonchev–Trinajstić information content (AvgIpc) is 3.17. The van der Waals surface area contributed by atoms with Gasteiger partial charge < -0.3 is 9.72 Å². The minimum absolute atomic E-state index is 0.0128. The normalized spacial score (nSPS) is 18.5. The van der Waals surface area contributed by atoms with E-state index in [4.69, 9.17) is 4.74 Å². The molecular formula is C19H21N3O2S. The van der Waals surface area contributed by atoms with Crippen LogP contribution in [0.15, 0.2) is 40.6 Å². The summed E-state index contributed by atoms with van der Waals surface area (Å²) in [6, 6.07) is 8.02. The predicted octanol–water partition coefficient (Wildman–Crippen LogP) is 3.72. The van der Waals surface area contributed by atoms with Gasteiger partial charge in [-0.2, -0.15) is 0 Å². The summed E-state index contributed by atoms with van der Waals surface area (Å²) in [5.74, 6) is 0.795. The topological polar surface area (TPSA) is 58.2 Å². The Morgan fingerprint density at radius 1 is 1.36 bits per heavy atom. The smallest absolute Gasteiger partial charge is 0.252 e. The van der Waals surface area contributed by atoms with Crippen LogP contribution in [0, 0.1) is 0 Å². The number of fused-ring (bicyclic) bond motifs is 1. The number of piperidine rings is 1. The number of H-pyrrole nitrogens is 1. The van der Waals surface area contributed by atoms with E-state index in [9.17, 15) is 4.79 Å². The van der Waals surface area contributed by atoms with Crippen LogP contribution in [0.25, 0.3) is 10.9 Å². The largest absolute Gasteiger partial charge is 0.497 e.